The Kier molecular flexibility index (Phi) is 70.6. The van der Waals surface area contributed by atoms with E-state index in [9.17, 15) is 43.2 Å². The smallest absolute Gasteiger partial charge is 0.462 e. The molecule has 0 aromatic heterocycles. The van der Waals surface area contributed by atoms with Gasteiger partial charge in [0.15, 0.2) is 12.2 Å². The van der Waals surface area contributed by atoms with E-state index in [1.54, 1.807) is 0 Å². The minimum absolute atomic E-state index is 0.108. The van der Waals surface area contributed by atoms with Gasteiger partial charge >= 0.3 is 39.5 Å². The van der Waals surface area contributed by atoms with E-state index in [2.05, 4.69) is 34.6 Å². The molecule has 19 heteroatoms. The Morgan fingerprint density at radius 2 is 0.469 bits per heavy atom. The number of unbranched alkanes of at least 4 members (excludes halogenated alkanes) is 51. The molecule has 0 fully saturated rings. The molecule has 0 saturated carbocycles. The summed E-state index contributed by atoms with van der Waals surface area (Å²) in [7, 11) is -9.91. The molecule has 3 N–H and O–H groups in total. The summed E-state index contributed by atoms with van der Waals surface area (Å²) < 4.78 is 68.6. The Bertz CT molecular complexity index is 1870. The van der Waals surface area contributed by atoms with Crippen LogP contribution in [0.2, 0.25) is 0 Å². The van der Waals surface area contributed by atoms with Gasteiger partial charge in [-0.1, -0.05) is 369 Å². The number of phosphoric ester groups is 2. The third-order valence-corrected chi connectivity index (χ3v) is 20.4. The van der Waals surface area contributed by atoms with E-state index in [1.807, 2.05) is 0 Å². The van der Waals surface area contributed by atoms with E-state index < -0.39 is 97.5 Å². The highest BCUT2D eigenvalue weighted by Crippen LogP contribution is 2.45. The lowest BCUT2D eigenvalue weighted by Crippen LogP contribution is -2.30. The molecule has 0 bridgehead atoms. The third kappa shape index (κ3) is 72.4. The first kappa shape index (κ1) is 96.1. The van der Waals surface area contributed by atoms with Crippen LogP contribution in [-0.4, -0.2) is 96.7 Å². The number of esters is 4. The lowest BCUT2D eigenvalue weighted by molar-refractivity contribution is -0.161. The van der Waals surface area contributed by atoms with Crippen LogP contribution in [0.5, 0.6) is 0 Å². The fraction of sp³-hybridized carbons (Fsp3) is 0.949. The molecule has 0 saturated heterocycles. The predicted octanol–water partition coefficient (Wildman–Crippen LogP) is 23.6. The zero-order valence-electron chi connectivity index (χ0n) is 63.9. The van der Waals surface area contributed by atoms with Crippen molar-refractivity contribution < 1.29 is 80.2 Å². The molecular weight excluding hydrogens is 1280 g/mol. The molecule has 0 aliphatic heterocycles. The van der Waals surface area contributed by atoms with Crippen molar-refractivity contribution in [2.75, 3.05) is 39.6 Å². The molecule has 0 aliphatic rings. The van der Waals surface area contributed by atoms with Gasteiger partial charge in [-0.05, 0) is 31.6 Å². The van der Waals surface area contributed by atoms with Gasteiger partial charge in [0.1, 0.15) is 19.3 Å². The van der Waals surface area contributed by atoms with Crippen LogP contribution >= 0.6 is 15.6 Å². The molecule has 582 valence electrons. The van der Waals surface area contributed by atoms with Crippen molar-refractivity contribution in [1.29, 1.82) is 0 Å². The number of aliphatic hydroxyl groups excluding tert-OH is 1. The Labute approximate surface area is 600 Å². The van der Waals surface area contributed by atoms with Gasteiger partial charge in [-0.25, -0.2) is 9.13 Å². The highest BCUT2D eigenvalue weighted by Gasteiger charge is 2.30. The summed E-state index contributed by atoms with van der Waals surface area (Å²) in [6.07, 6.45) is 62.4. The molecule has 0 amide bonds. The van der Waals surface area contributed by atoms with E-state index in [0.29, 0.717) is 25.7 Å². The summed E-state index contributed by atoms with van der Waals surface area (Å²) in [6, 6.07) is 0. The van der Waals surface area contributed by atoms with Crippen molar-refractivity contribution in [3.05, 3.63) is 0 Å². The van der Waals surface area contributed by atoms with Crippen LogP contribution in [0, 0.1) is 5.92 Å². The molecular formula is C79H154O17P2. The fourth-order valence-electron chi connectivity index (χ4n) is 12.2. The minimum atomic E-state index is -4.96. The Morgan fingerprint density at radius 3 is 0.694 bits per heavy atom. The van der Waals surface area contributed by atoms with Gasteiger partial charge in [0.25, 0.3) is 0 Å². The molecule has 5 atom stereocenters. The average molecular weight is 1440 g/mol. The first-order valence-corrected chi connectivity index (χ1v) is 44.1. The maximum absolute atomic E-state index is 13.1. The topological polar surface area (TPSA) is 237 Å². The van der Waals surface area contributed by atoms with Crippen molar-refractivity contribution >= 4 is 39.5 Å². The molecule has 17 nitrogen and oxygen atoms in total. The number of aliphatic hydroxyl groups is 1. The number of hydrogen-bond donors (Lipinski definition) is 3. The zero-order valence-corrected chi connectivity index (χ0v) is 65.7. The van der Waals surface area contributed by atoms with Crippen LogP contribution in [0.15, 0.2) is 0 Å². The number of hydrogen-bond acceptors (Lipinski definition) is 15. The second kappa shape index (κ2) is 72.0. The number of phosphoric acid groups is 2. The molecule has 0 aromatic rings. The summed E-state index contributed by atoms with van der Waals surface area (Å²) in [6.45, 7) is 7.31. The van der Waals surface area contributed by atoms with Crippen molar-refractivity contribution in [2.24, 2.45) is 5.92 Å². The lowest BCUT2D eigenvalue weighted by atomic mass is 10.0. The number of ether oxygens (including phenoxy) is 4. The molecule has 0 radical (unpaired) electrons. The van der Waals surface area contributed by atoms with Crippen LogP contribution in [-0.2, 0) is 65.4 Å². The maximum atomic E-state index is 13.1. The molecule has 0 aliphatic carbocycles. The second-order valence-electron chi connectivity index (χ2n) is 28.9. The van der Waals surface area contributed by atoms with E-state index in [-0.39, 0.29) is 25.7 Å². The van der Waals surface area contributed by atoms with Gasteiger partial charge in [0.05, 0.1) is 26.4 Å². The van der Waals surface area contributed by atoms with Crippen LogP contribution in [0.4, 0.5) is 0 Å². The quantitative estimate of drug-likeness (QED) is 0.0222. The molecule has 0 heterocycles. The third-order valence-electron chi connectivity index (χ3n) is 18.5. The fourth-order valence-corrected chi connectivity index (χ4v) is 13.8. The normalized spacial score (nSPS) is 13.9. The second-order valence-corrected chi connectivity index (χ2v) is 31.8. The van der Waals surface area contributed by atoms with Crippen LogP contribution in [0.1, 0.15) is 420 Å². The summed E-state index contributed by atoms with van der Waals surface area (Å²) >= 11 is 0. The Balaban J connectivity index is 5.21. The van der Waals surface area contributed by atoms with E-state index in [0.717, 1.165) is 95.8 Å². The molecule has 0 aromatic carbocycles. The van der Waals surface area contributed by atoms with Crippen LogP contribution < -0.4 is 0 Å². The van der Waals surface area contributed by atoms with Crippen molar-refractivity contribution in [3.63, 3.8) is 0 Å². The monoisotopic (exact) mass is 1440 g/mol. The summed E-state index contributed by atoms with van der Waals surface area (Å²) in [5, 5.41) is 10.6. The molecule has 0 rings (SSSR count). The van der Waals surface area contributed by atoms with Crippen LogP contribution in [0.3, 0.4) is 0 Å². The SMILES string of the molecule is CCCCCCCCCCCCCCCCCCCCCCCC(=O)O[C@H](COC(=O)CCCCCCCCCCCCCC(C)C)COP(=O)(O)OC[C@@H](O)COP(=O)(O)OC[C@@H](COC(=O)CCCCCCCCCCCCC)OC(=O)CCCCCCCCCCCCCC. The summed E-state index contributed by atoms with van der Waals surface area (Å²) in [5.41, 5.74) is 0. The largest absolute Gasteiger partial charge is 0.472 e. The molecule has 98 heavy (non-hydrogen) atoms. The van der Waals surface area contributed by atoms with E-state index in [4.69, 9.17) is 37.0 Å². The molecule has 2 unspecified atom stereocenters. The summed E-state index contributed by atoms with van der Waals surface area (Å²) in [5.74, 6) is -1.34. The number of carbonyl (C=O) groups is 4. The van der Waals surface area contributed by atoms with Crippen LogP contribution in [0.25, 0.3) is 0 Å². The average Bonchev–Trinajstić information content (AvgIpc) is 1.09. The zero-order chi connectivity index (χ0) is 71.9. The van der Waals surface area contributed by atoms with Gasteiger partial charge in [0.2, 0.25) is 0 Å². The number of rotatable bonds is 79. The molecule has 0 spiro atoms. The van der Waals surface area contributed by atoms with Gasteiger partial charge < -0.3 is 33.8 Å². The highest BCUT2D eigenvalue weighted by atomic mass is 31.2. The standard InChI is InChI=1S/C79H154O17P2/c1-6-9-12-15-18-21-24-26-27-28-29-30-31-32-33-34-39-45-50-55-60-65-79(84)96-75(69-90-77(82)63-58-53-48-43-40-35-37-41-46-51-56-61-72(4)5)71-94-98(87,88)92-67-73(80)66-91-97(85,86)93-70-74(68-89-76(81)62-57-52-47-42-36-23-20-17-14-11-8-3)95-78(83)64-59-54-49-44-38-25-22-19-16-13-10-7-2/h72-75,80H,6-71H2,1-5H3,(H,85,86)(H,87,88)/t73-,74+,75+/m0/s1. The lowest BCUT2D eigenvalue weighted by Gasteiger charge is -2.21. The first-order chi connectivity index (χ1) is 47.5. The van der Waals surface area contributed by atoms with Gasteiger partial charge in [-0.3, -0.25) is 37.3 Å². The maximum Gasteiger partial charge on any atom is 0.472 e. The van der Waals surface area contributed by atoms with Gasteiger partial charge in [-0.15, -0.1) is 0 Å². The van der Waals surface area contributed by atoms with Crippen molar-refractivity contribution in [1.82, 2.24) is 0 Å². The number of carbonyl (C=O) groups excluding carboxylic acids is 4. The van der Waals surface area contributed by atoms with E-state index in [1.165, 1.54) is 244 Å². The summed E-state index contributed by atoms with van der Waals surface area (Å²) in [4.78, 5) is 72.9. The minimum Gasteiger partial charge on any atom is -0.462 e. The van der Waals surface area contributed by atoms with E-state index >= 15 is 0 Å². The van der Waals surface area contributed by atoms with Crippen molar-refractivity contribution in [2.45, 2.75) is 438 Å². The Hall–Kier alpha value is -1.94. The predicted molar refractivity (Wildman–Crippen MR) is 400 cm³/mol. The Morgan fingerprint density at radius 1 is 0.276 bits per heavy atom. The first-order valence-electron chi connectivity index (χ1n) is 41.1. The van der Waals surface area contributed by atoms with Gasteiger partial charge in [0, 0.05) is 25.7 Å². The van der Waals surface area contributed by atoms with Gasteiger partial charge in [-0.2, -0.15) is 0 Å². The highest BCUT2D eigenvalue weighted by molar-refractivity contribution is 7.47. The van der Waals surface area contributed by atoms with Crippen molar-refractivity contribution in [3.8, 4) is 0 Å².